The van der Waals surface area contributed by atoms with Crippen molar-refractivity contribution in [3.05, 3.63) is 76.0 Å². The van der Waals surface area contributed by atoms with Crippen LogP contribution in [-0.4, -0.2) is 25.9 Å². The van der Waals surface area contributed by atoms with Crippen LogP contribution < -0.4 is 5.56 Å². The molecular weight excluding hydrogens is 408 g/mol. The molecule has 2 aromatic heterocycles. The molecule has 4 rings (SSSR count). The van der Waals surface area contributed by atoms with E-state index in [2.05, 4.69) is 29.1 Å². The molecule has 0 radical (unpaired) electrons. The van der Waals surface area contributed by atoms with E-state index in [4.69, 9.17) is 9.26 Å². The number of carbonyl (C=O) groups is 1. The summed E-state index contributed by atoms with van der Waals surface area (Å²) < 4.78 is 11.9. The van der Waals surface area contributed by atoms with Crippen LogP contribution in [0.2, 0.25) is 0 Å². The summed E-state index contributed by atoms with van der Waals surface area (Å²) in [5.41, 5.74) is 1.88. The Morgan fingerprint density at radius 1 is 1.09 bits per heavy atom. The van der Waals surface area contributed by atoms with Crippen molar-refractivity contribution in [3.8, 4) is 11.4 Å². The van der Waals surface area contributed by atoms with Gasteiger partial charge in [-0.15, -0.1) is 0 Å². The van der Waals surface area contributed by atoms with Crippen LogP contribution in [0.1, 0.15) is 55.1 Å². The lowest BCUT2D eigenvalue weighted by molar-refractivity contribution is 0.0422. The van der Waals surface area contributed by atoms with Crippen molar-refractivity contribution < 1.29 is 14.1 Å². The zero-order valence-electron chi connectivity index (χ0n) is 18.2. The van der Waals surface area contributed by atoms with Crippen LogP contribution in [0, 0.1) is 0 Å². The Bertz CT molecular complexity index is 1310. The highest BCUT2D eigenvalue weighted by atomic mass is 16.6. The maximum Gasteiger partial charge on any atom is 0.359 e. The van der Waals surface area contributed by atoms with E-state index in [9.17, 15) is 9.59 Å². The Labute approximate surface area is 184 Å². The smallest absolute Gasteiger partial charge is 0.359 e. The largest absolute Gasteiger partial charge is 0.451 e. The number of ether oxygens (including phenoxy) is 1. The summed E-state index contributed by atoms with van der Waals surface area (Å²) in [5, 5.41) is 9.09. The van der Waals surface area contributed by atoms with E-state index >= 15 is 0 Å². The van der Waals surface area contributed by atoms with Gasteiger partial charge in [0.2, 0.25) is 5.82 Å². The van der Waals surface area contributed by atoms with Crippen molar-refractivity contribution >= 4 is 16.7 Å². The predicted molar refractivity (Wildman–Crippen MR) is 119 cm³/mol. The molecule has 0 aliphatic heterocycles. The van der Waals surface area contributed by atoms with Gasteiger partial charge in [-0.25, -0.2) is 9.48 Å². The second kappa shape index (κ2) is 9.13. The van der Waals surface area contributed by atoms with Crippen molar-refractivity contribution in [2.75, 3.05) is 0 Å². The fourth-order valence-corrected chi connectivity index (χ4v) is 3.39. The van der Waals surface area contributed by atoms with Crippen molar-refractivity contribution in [2.24, 2.45) is 0 Å². The Morgan fingerprint density at radius 2 is 1.81 bits per heavy atom. The lowest BCUT2D eigenvalue weighted by Crippen LogP contribution is -2.26. The zero-order valence-corrected chi connectivity index (χ0v) is 18.2. The molecule has 0 saturated heterocycles. The third-order valence-electron chi connectivity index (χ3n) is 5.13. The van der Waals surface area contributed by atoms with Gasteiger partial charge in [0.15, 0.2) is 12.3 Å². The van der Waals surface area contributed by atoms with E-state index in [-0.39, 0.29) is 23.8 Å². The number of esters is 1. The fraction of sp³-hybridized carbons (Fsp3) is 0.292. The molecule has 0 amide bonds. The molecule has 0 unspecified atom stereocenters. The average Bonchev–Trinajstić information content (AvgIpc) is 3.28. The minimum absolute atomic E-state index is 0.0812. The van der Waals surface area contributed by atoms with Gasteiger partial charge < -0.3 is 9.26 Å². The normalized spacial score (nSPS) is 11.2. The molecule has 0 aliphatic carbocycles. The van der Waals surface area contributed by atoms with Crippen molar-refractivity contribution in [1.29, 1.82) is 0 Å². The van der Waals surface area contributed by atoms with E-state index in [0.717, 1.165) is 5.56 Å². The number of rotatable bonds is 7. The monoisotopic (exact) mass is 432 g/mol. The van der Waals surface area contributed by atoms with Gasteiger partial charge in [-0.05, 0) is 24.0 Å². The minimum atomic E-state index is -0.660. The van der Waals surface area contributed by atoms with Gasteiger partial charge in [-0.1, -0.05) is 68.4 Å². The Morgan fingerprint density at radius 3 is 2.50 bits per heavy atom. The lowest BCUT2D eigenvalue weighted by Gasteiger charge is -2.09. The number of nitrogens with zero attached hydrogens (tertiary/aromatic N) is 4. The first-order valence-corrected chi connectivity index (χ1v) is 10.6. The number of benzene rings is 2. The van der Waals surface area contributed by atoms with Crippen LogP contribution in [0.25, 0.3) is 22.2 Å². The van der Waals surface area contributed by atoms with Gasteiger partial charge >= 0.3 is 5.97 Å². The SMILES string of the molecule is CCCn1nc(C(=O)OCc2nc(-c3ccc(C(C)C)cc3)no2)c2ccccc2c1=O. The highest BCUT2D eigenvalue weighted by molar-refractivity contribution is 6.02. The molecule has 8 nitrogen and oxygen atoms in total. The van der Waals surface area contributed by atoms with Crippen LogP contribution in [0.5, 0.6) is 0 Å². The first-order valence-electron chi connectivity index (χ1n) is 10.6. The predicted octanol–water partition coefficient (Wildman–Crippen LogP) is 4.34. The van der Waals surface area contributed by atoms with Gasteiger partial charge in [0.25, 0.3) is 11.4 Å². The molecule has 2 aromatic carbocycles. The summed E-state index contributed by atoms with van der Waals surface area (Å²) in [5.74, 6) is 0.367. The molecule has 0 aliphatic rings. The molecule has 0 bridgehead atoms. The molecule has 0 saturated carbocycles. The van der Waals surface area contributed by atoms with E-state index < -0.39 is 5.97 Å². The molecule has 32 heavy (non-hydrogen) atoms. The topological polar surface area (TPSA) is 100 Å². The van der Waals surface area contributed by atoms with Crippen LogP contribution >= 0.6 is 0 Å². The summed E-state index contributed by atoms with van der Waals surface area (Å²) in [4.78, 5) is 29.7. The zero-order chi connectivity index (χ0) is 22.7. The van der Waals surface area contributed by atoms with Crippen molar-refractivity contribution in [1.82, 2.24) is 19.9 Å². The van der Waals surface area contributed by atoms with E-state index in [1.165, 1.54) is 10.2 Å². The molecule has 2 heterocycles. The van der Waals surface area contributed by atoms with Crippen LogP contribution in [-0.2, 0) is 17.9 Å². The summed E-state index contributed by atoms with van der Waals surface area (Å²) in [7, 11) is 0. The Hall–Kier alpha value is -3.81. The quantitative estimate of drug-likeness (QED) is 0.401. The third kappa shape index (κ3) is 4.30. The molecule has 0 N–H and O–H groups in total. The first kappa shape index (κ1) is 21.4. The van der Waals surface area contributed by atoms with Gasteiger partial charge in [-0.3, -0.25) is 4.79 Å². The van der Waals surface area contributed by atoms with Crippen molar-refractivity contribution in [2.45, 2.75) is 46.3 Å². The average molecular weight is 432 g/mol. The molecule has 0 spiro atoms. The first-order chi connectivity index (χ1) is 15.5. The molecule has 0 fully saturated rings. The van der Waals surface area contributed by atoms with E-state index in [1.807, 2.05) is 31.2 Å². The Balaban J connectivity index is 1.53. The maximum absolute atomic E-state index is 12.8. The second-order valence-electron chi connectivity index (χ2n) is 7.79. The molecule has 0 atom stereocenters. The van der Waals surface area contributed by atoms with Crippen LogP contribution in [0.4, 0.5) is 0 Å². The summed E-state index contributed by atoms with van der Waals surface area (Å²) in [6, 6.07) is 14.8. The lowest BCUT2D eigenvalue weighted by atomic mass is 10.0. The van der Waals surface area contributed by atoms with Gasteiger partial charge in [0.1, 0.15) is 0 Å². The standard InChI is InChI=1S/C24H24N4O4/c1-4-13-28-23(29)19-8-6-5-7-18(19)21(26-28)24(30)31-14-20-25-22(27-32-20)17-11-9-16(10-12-17)15(2)3/h5-12,15H,4,13-14H2,1-3H3. The van der Waals surface area contributed by atoms with Crippen LogP contribution in [0.3, 0.4) is 0 Å². The number of hydrogen-bond donors (Lipinski definition) is 0. The van der Waals surface area contributed by atoms with Gasteiger partial charge in [0.05, 0.1) is 5.39 Å². The molecule has 4 aromatic rings. The number of aromatic nitrogens is 4. The molecule has 8 heteroatoms. The molecule has 164 valence electrons. The summed E-state index contributed by atoms with van der Waals surface area (Å²) in [6.45, 7) is 6.40. The Kier molecular flexibility index (Phi) is 6.11. The fourth-order valence-electron chi connectivity index (χ4n) is 3.39. The maximum atomic E-state index is 12.8. The third-order valence-corrected chi connectivity index (χ3v) is 5.13. The van der Waals surface area contributed by atoms with Gasteiger partial charge in [-0.2, -0.15) is 10.1 Å². The highest BCUT2D eigenvalue weighted by Crippen LogP contribution is 2.21. The highest BCUT2D eigenvalue weighted by Gasteiger charge is 2.19. The van der Waals surface area contributed by atoms with Gasteiger partial charge in [0, 0.05) is 17.5 Å². The number of aryl methyl sites for hydroxylation is 1. The number of hydrogen-bond acceptors (Lipinski definition) is 7. The summed E-state index contributed by atoms with van der Waals surface area (Å²) >= 11 is 0. The van der Waals surface area contributed by atoms with E-state index in [1.54, 1.807) is 24.3 Å². The van der Waals surface area contributed by atoms with Crippen molar-refractivity contribution in [3.63, 3.8) is 0 Å². The second-order valence-corrected chi connectivity index (χ2v) is 7.79. The van der Waals surface area contributed by atoms with Crippen LogP contribution in [0.15, 0.2) is 57.8 Å². The van der Waals surface area contributed by atoms with E-state index in [0.29, 0.717) is 35.5 Å². The number of carbonyl (C=O) groups excluding carboxylic acids is 1. The number of fused-ring (bicyclic) bond motifs is 1. The summed E-state index contributed by atoms with van der Waals surface area (Å²) in [6.07, 6.45) is 0.711. The molecular formula is C24H24N4O4. The minimum Gasteiger partial charge on any atom is -0.451 e.